The number of aryl methyl sites for hydroxylation is 1. The van der Waals surface area contributed by atoms with Crippen molar-refractivity contribution in [3.05, 3.63) is 34.2 Å². The zero-order valence-corrected chi connectivity index (χ0v) is 12.8. The third-order valence-electron chi connectivity index (χ3n) is 2.99. The number of phenolic OH excluding ortho intramolecular Hbond substituents is 2. The van der Waals surface area contributed by atoms with Gasteiger partial charge in [0.05, 0.1) is 19.8 Å². The molecule has 0 aliphatic rings. The summed E-state index contributed by atoms with van der Waals surface area (Å²) in [5, 5.41) is 21.9. The maximum Gasteiger partial charge on any atom is 0.158 e. The van der Waals surface area contributed by atoms with Gasteiger partial charge in [0.2, 0.25) is 0 Å². The number of Topliss-reactive ketones (excluding diaryl/α,β-unsaturated/α-hetero) is 1. The van der Waals surface area contributed by atoms with Gasteiger partial charge in [0.1, 0.15) is 6.61 Å². The van der Waals surface area contributed by atoms with Gasteiger partial charge in [-0.25, -0.2) is 0 Å². The van der Waals surface area contributed by atoms with Crippen molar-refractivity contribution in [2.24, 2.45) is 5.11 Å². The molecule has 0 saturated heterocycles. The average molecular weight is 323 g/mol. The van der Waals surface area contributed by atoms with E-state index in [1.54, 1.807) is 6.07 Å². The van der Waals surface area contributed by atoms with Crippen LogP contribution in [0, 0.1) is 0 Å². The van der Waals surface area contributed by atoms with Gasteiger partial charge in [0.25, 0.3) is 0 Å². The molecule has 0 unspecified atom stereocenters. The van der Waals surface area contributed by atoms with Crippen molar-refractivity contribution in [1.29, 1.82) is 0 Å². The van der Waals surface area contributed by atoms with E-state index in [2.05, 4.69) is 10.0 Å². The van der Waals surface area contributed by atoms with E-state index >= 15 is 0 Å². The monoisotopic (exact) mass is 323 g/mol. The number of carbonyl (C=O) groups excluding carboxylic acids is 1. The summed E-state index contributed by atoms with van der Waals surface area (Å²) in [4.78, 5) is 14.2. The molecule has 1 rings (SSSR count). The first-order valence-electron chi connectivity index (χ1n) is 7.32. The maximum atomic E-state index is 11.6. The number of azide groups is 1. The Morgan fingerprint density at radius 2 is 1.96 bits per heavy atom. The third kappa shape index (κ3) is 8.67. The number of nitrogens with zero attached hydrogens (tertiary/aromatic N) is 3. The minimum Gasteiger partial charge on any atom is -0.504 e. The van der Waals surface area contributed by atoms with Crippen LogP contribution in [-0.2, 0) is 20.7 Å². The highest BCUT2D eigenvalue weighted by Gasteiger charge is 2.04. The van der Waals surface area contributed by atoms with E-state index in [-0.39, 0.29) is 30.4 Å². The lowest BCUT2D eigenvalue weighted by molar-refractivity contribution is -0.124. The normalized spacial score (nSPS) is 10.3. The largest absolute Gasteiger partial charge is 0.504 e. The molecule has 8 heteroatoms. The van der Waals surface area contributed by atoms with Gasteiger partial charge >= 0.3 is 0 Å². The van der Waals surface area contributed by atoms with Crippen molar-refractivity contribution in [1.82, 2.24) is 0 Å². The molecular formula is C15H21N3O5. The Balaban J connectivity index is 2.03. The highest BCUT2D eigenvalue weighted by molar-refractivity contribution is 5.79. The second kappa shape index (κ2) is 11.3. The first-order valence-corrected chi connectivity index (χ1v) is 7.32. The van der Waals surface area contributed by atoms with E-state index in [0.29, 0.717) is 39.1 Å². The molecule has 2 N–H and O–H groups in total. The third-order valence-corrected chi connectivity index (χ3v) is 2.99. The summed E-state index contributed by atoms with van der Waals surface area (Å²) in [6.07, 6.45) is 1.68. The van der Waals surface area contributed by atoms with Gasteiger partial charge in [-0.05, 0) is 36.1 Å². The van der Waals surface area contributed by atoms with Crippen LogP contribution in [0.15, 0.2) is 23.3 Å². The Bertz CT molecular complexity index is 544. The molecule has 0 aromatic heterocycles. The van der Waals surface area contributed by atoms with E-state index in [1.165, 1.54) is 12.1 Å². The SMILES string of the molecule is [N-]=[N+]=NCCOCCOCC(=O)CCCc1ccc(O)c(O)c1. The molecule has 0 spiro atoms. The summed E-state index contributed by atoms with van der Waals surface area (Å²) >= 11 is 0. The lowest BCUT2D eigenvalue weighted by Gasteiger charge is -2.05. The van der Waals surface area contributed by atoms with Crippen LogP contribution >= 0.6 is 0 Å². The Morgan fingerprint density at radius 1 is 1.17 bits per heavy atom. The van der Waals surface area contributed by atoms with Gasteiger partial charge in [-0.15, -0.1) is 0 Å². The number of phenols is 2. The molecule has 0 amide bonds. The number of rotatable bonds is 12. The number of hydrogen-bond donors (Lipinski definition) is 2. The number of ether oxygens (including phenoxy) is 2. The van der Waals surface area contributed by atoms with Crippen molar-refractivity contribution in [2.75, 3.05) is 33.0 Å². The van der Waals surface area contributed by atoms with Crippen molar-refractivity contribution >= 4 is 5.78 Å². The molecule has 0 fully saturated rings. The zero-order chi connectivity index (χ0) is 16.9. The Morgan fingerprint density at radius 3 is 2.70 bits per heavy atom. The van der Waals surface area contributed by atoms with Crippen LogP contribution in [0.1, 0.15) is 18.4 Å². The second-order valence-electron chi connectivity index (χ2n) is 4.83. The highest BCUT2D eigenvalue weighted by atomic mass is 16.5. The summed E-state index contributed by atoms with van der Waals surface area (Å²) in [5.74, 6) is -0.306. The van der Waals surface area contributed by atoms with Gasteiger partial charge in [-0.1, -0.05) is 11.2 Å². The summed E-state index contributed by atoms with van der Waals surface area (Å²) in [6.45, 7) is 1.32. The van der Waals surface area contributed by atoms with Crippen LogP contribution in [0.5, 0.6) is 11.5 Å². The molecule has 1 aromatic rings. The molecule has 0 bridgehead atoms. The van der Waals surface area contributed by atoms with Crippen LogP contribution in [0.4, 0.5) is 0 Å². The highest BCUT2D eigenvalue weighted by Crippen LogP contribution is 2.25. The van der Waals surface area contributed by atoms with Gasteiger partial charge in [-0.3, -0.25) is 4.79 Å². The number of ketones is 1. The summed E-state index contributed by atoms with van der Waals surface area (Å²) in [5.41, 5.74) is 8.92. The topological polar surface area (TPSA) is 125 Å². The Kier molecular flexibility index (Phi) is 9.23. The van der Waals surface area contributed by atoms with Gasteiger partial charge in [-0.2, -0.15) is 0 Å². The average Bonchev–Trinajstić information content (AvgIpc) is 2.53. The minimum atomic E-state index is -0.155. The predicted octanol–water partition coefficient (Wildman–Crippen LogP) is 2.33. The van der Waals surface area contributed by atoms with Crippen LogP contribution in [0.3, 0.4) is 0 Å². The second-order valence-corrected chi connectivity index (χ2v) is 4.83. The van der Waals surface area contributed by atoms with E-state index in [4.69, 9.17) is 15.0 Å². The van der Waals surface area contributed by atoms with E-state index in [0.717, 1.165) is 5.56 Å². The number of aromatic hydroxyl groups is 2. The minimum absolute atomic E-state index is 0.00193. The molecule has 0 atom stereocenters. The first-order chi connectivity index (χ1) is 11.1. The number of carbonyl (C=O) groups is 1. The van der Waals surface area contributed by atoms with E-state index in [9.17, 15) is 15.0 Å². The van der Waals surface area contributed by atoms with Crippen molar-refractivity contribution in [3.8, 4) is 11.5 Å². The van der Waals surface area contributed by atoms with Gasteiger partial charge < -0.3 is 19.7 Å². The number of hydrogen-bond acceptors (Lipinski definition) is 6. The molecular weight excluding hydrogens is 302 g/mol. The standard InChI is InChI=1S/C15H21N3O5/c16-18-17-6-7-22-8-9-23-11-13(19)3-1-2-12-4-5-14(20)15(21)10-12/h4-5,10,20-21H,1-3,6-9,11H2. The van der Waals surface area contributed by atoms with Crippen molar-refractivity contribution in [3.63, 3.8) is 0 Å². The molecule has 23 heavy (non-hydrogen) atoms. The fourth-order valence-electron chi connectivity index (χ4n) is 1.84. The summed E-state index contributed by atoms with van der Waals surface area (Å²) in [7, 11) is 0. The molecule has 8 nitrogen and oxygen atoms in total. The van der Waals surface area contributed by atoms with E-state index in [1.807, 2.05) is 0 Å². The zero-order valence-electron chi connectivity index (χ0n) is 12.8. The first kappa shape index (κ1) is 18.8. The molecule has 1 aromatic carbocycles. The van der Waals surface area contributed by atoms with Crippen LogP contribution in [0.25, 0.3) is 10.4 Å². The lowest BCUT2D eigenvalue weighted by Crippen LogP contribution is -2.13. The fraction of sp³-hybridized carbons (Fsp3) is 0.533. The Hall–Kier alpha value is -2.28. The van der Waals surface area contributed by atoms with Crippen LogP contribution in [0.2, 0.25) is 0 Å². The summed E-state index contributed by atoms with van der Waals surface area (Å²) < 4.78 is 10.3. The van der Waals surface area contributed by atoms with Crippen LogP contribution < -0.4 is 0 Å². The molecule has 0 aliphatic heterocycles. The quantitative estimate of drug-likeness (QED) is 0.201. The van der Waals surface area contributed by atoms with Crippen molar-refractivity contribution in [2.45, 2.75) is 19.3 Å². The maximum absolute atomic E-state index is 11.6. The molecule has 0 radical (unpaired) electrons. The number of benzene rings is 1. The van der Waals surface area contributed by atoms with Crippen molar-refractivity contribution < 1.29 is 24.5 Å². The van der Waals surface area contributed by atoms with E-state index < -0.39 is 0 Å². The van der Waals surface area contributed by atoms with Crippen LogP contribution in [-0.4, -0.2) is 49.0 Å². The molecule has 126 valence electrons. The molecule has 0 heterocycles. The summed E-state index contributed by atoms with van der Waals surface area (Å²) in [6, 6.07) is 4.63. The fourth-order valence-corrected chi connectivity index (χ4v) is 1.84. The molecule has 0 aliphatic carbocycles. The lowest BCUT2D eigenvalue weighted by atomic mass is 10.1. The molecule has 0 saturated carbocycles. The van der Waals surface area contributed by atoms with Gasteiger partial charge in [0.15, 0.2) is 17.3 Å². The Labute approximate surface area is 134 Å². The smallest absolute Gasteiger partial charge is 0.158 e. The van der Waals surface area contributed by atoms with Gasteiger partial charge in [0, 0.05) is 17.9 Å². The predicted molar refractivity (Wildman–Crippen MR) is 83.4 cm³/mol.